The van der Waals surface area contributed by atoms with Crippen molar-refractivity contribution < 1.29 is 24.2 Å². The van der Waals surface area contributed by atoms with E-state index in [0.717, 1.165) is 12.0 Å². The summed E-state index contributed by atoms with van der Waals surface area (Å²) < 4.78 is 11.1. The predicted molar refractivity (Wildman–Crippen MR) is 69.0 cm³/mol. The molecule has 106 valence electrons. The Hall–Kier alpha value is -2.24. The fourth-order valence-corrected chi connectivity index (χ4v) is 2.61. The van der Waals surface area contributed by atoms with Crippen LogP contribution in [-0.4, -0.2) is 36.2 Å². The monoisotopic (exact) mass is 277 g/mol. The SMILES string of the molecule is O=C1CC(c2ccc3c(c2)OCCCO3)C(C(=O)O)N1. The van der Waals surface area contributed by atoms with Crippen LogP contribution >= 0.6 is 0 Å². The highest BCUT2D eigenvalue weighted by molar-refractivity contribution is 5.89. The van der Waals surface area contributed by atoms with Crippen LogP contribution < -0.4 is 14.8 Å². The van der Waals surface area contributed by atoms with Gasteiger partial charge in [0.2, 0.25) is 5.91 Å². The van der Waals surface area contributed by atoms with Crippen molar-refractivity contribution >= 4 is 11.9 Å². The maximum atomic E-state index is 11.5. The zero-order chi connectivity index (χ0) is 14.1. The number of fused-ring (bicyclic) bond motifs is 1. The average Bonchev–Trinajstić information content (AvgIpc) is 2.68. The minimum Gasteiger partial charge on any atom is -0.490 e. The van der Waals surface area contributed by atoms with Gasteiger partial charge in [0.1, 0.15) is 6.04 Å². The quantitative estimate of drug-likeness (QED) is 0.839. The first kappa shape index (κ1) is 12.8. The van der Waals surface area contributed by atoms with Gasteiger partial charge < -0.3 is 19.9 Å². The maximum absolute atomic E-state index is 11.5. The molecule has 3 rings (SSSR count). The van der Waals surface area contributed by atoms with Crippen LogP contribution in [0, 0.1) is 0 Å². The summed E-state index contributed by atoms with van der Waals surface area (Å²) in [6.45, 7) is 1.17. The first-order valence-corrected chi connectivity index (χ1v) is 6.57. The van der Waals surface area contributed by atoms with Crippen molar-refractivity contribution in [2.75, 3.05) is 13.2 Å². The number of carbonyl (C=O) groups is 2. The van der Waals surface area contributed by atoms with Crippen molar-refractivity contribution in [3.8, 4) is 11.5 Å². The Balaban J connectivity index is 1.92. The van der Waals surface area contributed by atoms with E-state index in [2.05, 4.69) is 5.32 Å². The van der Waals surface area contributed by atoms with E-state index in [0.29, 0.717) is 24.7 Å². The smallest absolute Gasteiger partial charge is 0.326 e. The second-order valence-corrected chi connectivity index (χ2v) is 4.95. The number of carboxylic acid groups (broad SMARTS) is 1. The summed E-state index contributed by atoms with van der Waals surface area (Å²) in [5, 5.41) is 11.7. The number of ether oxygens (including phenoxy) is 2. The fourth-order valence-electron chi connectivity index (χ4n) is 2.61. The number of hydrogen-bond acceptors (Lipinski definition) is 4. The minimum atomic E-state index is -1.02. The Kier molecular flexibility index (Phi) is 3.22. The Morgan fingerprint density at radius 1 is 1.25 bits per heavy atom. The number of rotatable bonds is 2. The molecule has 6 heteroatoms. The number of aliphatic carboxylic acids is 1. The Morgan fingerprint density at radius 2 is 2.00 bits per heavy atom. The number of carboxylic acids is 1. The molecule has 2 heterocycles. The highest BCUT2D eigenvalue weighted by Crippen LogP contribution is 2.36. The van der Waals surface area contributed by atoms with Crippen molar-refractivity contribution in [1.29, 1.82) is 0 Å². The number of carbonyl (C=O) groups excluding carboxylic acids is 1. The normalized spacial score (nSPS) is 24.9. The molecule has 20 heavy (non-hydrogen) atoms. The second-order valence-electron chi connectivity index (χ2n) is 4.95. The number of hydrogen-bond donors (Lipinski definition) is 2. The largest absolute Gasteiger partial charge is 0.490 e. The summed E-state index contributed by atoms with van der Waals surface area (Å²) in [7, 11) is 0. The van der Waals surface area contributed by atoms with Gasteiger partial charge in [0.25, 0.3) is 0 Å². The summed E-state index contributed by atoms with van der Waals surface area (Å²) in [4.78, 5) is 22.7. The average molecular weight is 277 g/mol. The van der Waals surface area contributed by atoms with Gasteiger partial charge in [-0.3, -0.25) is 4.79 Å². The molecule has 0 radical (unpaired) electrons. The summed E-state index contributed by atoms with van der Waals surface area (Å²) in [6.07, 6.45) is 0.988. The topological polar surface area (TPSA) is 84.9 Å². The lowest BCUT2D eigenvalue weighted by Gasteiger charge is -2.16. The van der Waals surface area contributed by atoms with Crippen LogP contribution in [0.4, 0.5) is 0 Å². The van der Waals surface area contributed by atoms with E-state index in [1.165, 1.54) is 0 Å². The Labute approximate surface area is 115 Å². The van der Waals surface area contributed by atoms with Crippen molar-refractivity contribution in [2.24, 2.45) is 0 Å². The molecule has 0 bridgehead atoms. The maximum Gasteiger partial charge on any atom is 0.326 e. The van der Waals surface area contributed by atoms with E-state index in [1.54, 1.807) is 18.2 Å². The standard InChI is InChI=1S/C14H15NO5/c16-12-7-9(13(15-12)14(17)18)8-2-3-10-11(6-8)20-5-1-4-19-10/h2-3,6,9,13H,1,4-5,7H2,(H,15,16)(H,17,18). The molecule has 1 saturated heterocycles. The lowest BCUT2D eigenvalue weighted by molar-refractivity contribution is -0.140. The predicted octanol–water partition coefficient (Wildman–Crippen LogP) is 0.905. The summed E-state index contributed by atoms with van der Waals surface area (Å²) in [6, 6.07) is 4.47. The van der Waals surface area contributed by atoms with E-state index in [9.17, 15) is 14.7 Å². The molecule has 2 aliphatic heterocycles. The highest BCUT2D eigenvalue weighted by Gasteiger charge is 2.38. The van der Waals surface area contributed by atoms with Gasteiger partial charge in [0, 0.05) is 18.8 Å². The summed E-state index contributed by atoms with van der Waals surface area (Å²) in [5.41, 5.74) is 0.778. The fraction of sp³-hybridized carbons (Fsp3) is 0.429. The van der Waals surface area contributed by atoms with Crippen LogP contribution in [0.1, 0.15) is 24.3 Å². The van der Waals surface area contributed by atoms with Gasteiger partial charge in [-0.05, 0) is 17.7 Å². The zero-order valence-corrected chi connectivity index (χ0v) is 10.8. The summed E-state index contributed by atoms with van der Waals surface area (Å²) in [5.74, 6) is -0.362. The molecule has 6 nitrogen and oxygen atoms in total. The highest BCUT2D eigenvalue weighted by atomic mass is 16.5. The molecular formula is C14H15NO5. The molecular weight excluding hydrogens is 262 g/mol. The first-order chi connectivity index (χ1) is 9.65. The van der Waals surface area contributed by atoms with Crippen molar-refractivity contribution in [3.05, 3.63) is 23.8 Å². The molecule has 1 aromatic rings. The van der Waals surface area contributed by atoms with E-state index in [-0.39, 0.29) is 18.2 Å². The van der Waals surface area contributed by atoms with Gasteiger partial charge in [-0.2, -0.15) is 0 Å². The van der Waals surface area contributed by atoms with Gasteiger partial charge in [-0.25, -0.2) is 4.79 Å². The van der Waals surface area contributed by atoms with Gasteiger partial charge in [0.05, 0.1) is 13.2 Å². The summed E-state index contributed by atoms with van der Waals surface area (Å²) >= 11 is 0. The van der Waals surface area contributed by atoms with Gasteiger partial charge in [0.15, 0.2) is 11.5 Å². The van der Waals surface area contributed by atoms with Gasteiger partial charge in [-0.15, -0.1) is 0 Å². The van der Waals surface area contributed by atoms with Crippen LogP contribution in [0.15, 0.2) is 18.2 Å². The Bertz CT molecular complexity index is 556. The van der Waals surface area contributed by atoms with Crippen LogP contribution in [0.25, 0.3) is 0 Å². The van der Waals surface area contributed by atoms with E-state index < -0.39 is 12.0 Å². The lowest BCUT2D eigenvalue weighted by atomic mass is 9.91. The molecule has 0 saturated carbocycles. The van der Waals surface area contributed by atoms with E-state index in [1.807, 2.05) is 0 Å². The first-order valence-electron chi connectivity index (χ1n) is 6.57. The van der Waals surface area contributed by atoms with Crippen molar-refractivity contribution in [1.82, 2.24) is 5.32 Å². The van der Waals surface area contributed by atoms with Gasteiger partial charge in [-0.1, -0.05) is 6.07 Å². The van der Waals surface area contributed by atoms with E-state index in [4.69, 9.17) is 9.47 Å². The Morgan fingerprint density at radius 3 is 2.75 bits per heavy atom. The zero-order valence-electron chi connectivity index (χ0n) is 10.8. The number of amides is 1. The van der Waals surface area contributed by atoms with Crippen LogP contribution in [0.3, 0.4) is 0 Å². The molecule has 1 amide bonds. The van der Waals surface area contributed by atoms with Gasteiger partial charge >= 0.3 is 5.97 Å². The third kappa shape index (κ3) is 2.29. The third-order valence-electron chi connectivity index (χ3n) is 3.59. The molecule has 0 spiro atoms. The molecule has 2 aliphatic rings. The van der Waals surface area contributed by atoms with E-state index >= 15 is 0 Å². The van der Waals surface area contributed by atoms with Crippen molar-refractivity contribution in [3.63, 3.8) is 0 Å². The minimum absolute atomic E-state index is 0.177. The number of nitrogens with one attached hydrogen (secondary N) is 1. The molecule has 1 fully saturated rings. The van der Waals surface area contributed by atoms with Crippen molar-refractivity contribution in [2.45, 2.75) is 24.8 Å². The molecule has 2 atom stereocenters. The molecule has 0 aromatic heterocycles. The molecule has 2 N–H and O–H groups in total. The molecule has 1 aromatic carbocycles. The lowest BCUT2D eigenvalue weighted by Crippen LogP contribution is -2.36. The van der Waals surface area contributed by atoms with Crippen LogP contribution in [-0.2, 0) is 9.59 Å². The third-order valence-corrected chi connectivity index (χ3v) is 3.59. The number of benzene rings is 1. The molecule has 0 aliphatic carbocycles. The second kappa shape index (κ2) is 5.03. The van der Waals surface area contributed by atoms with Crippen LogP contribution in [0.2, 0.25) is 0 Å². The molecule has 2 unspecified atom stereocenters. The van der Waals surface area contributed by atoms with Crippen LogP contribution in [0.5, 0.6) is 11.5 Å².